The Morgan fingerprint density at radius 2 is 1.56 bits per heavy atom. The van der Waals surface area contributed by atoms with Crippen LogP contribution in [0.15, 0.2) is 29.2 Å². The fourth-order valence-electron chi connectivity index (χ4n) is 1.68. The van der Waals surface area contributed by atoms with E-state index in [0.29, 0.717) is 4.90 Å². The van der Waals surface area contributed by atoms with Gasteiger partial charge >= 0.3 is 0 Å². The average Bonchev–Trinajstić information content (AvgIpc) is 2.26. The lowest BCUT2D eigenvalue weighted by atomic mass is 10.1. The molecule has 0 atom stereocenters. The van der Waals surface area contributed by atoms with Crippen LogP contribution >= 0.6 is 0 Å². The molecule has 3 heteroatoms. The number of benzene rings is 1. The first kappa shape index (κ1) is 13.2. The predicted molar refractivity (Wildman–Crippen MR) is 67.3 cm³/mol. The summed E-state index contributed by atoms with van der Waals surface area (Å²) in [4.78, 5) is 0.449. The molecule has 0 saturated heterocycles. The van der Waals surface area contributed by atoms with Crippen molar-refractivity contribution in [1.82, 2.24) is 0 Å². The van der Waals surface area contributed by atoms with Crippen LogP contribution in [-0.2, 0) is 9.84 Å². The first-order chi connectivity index (χ1) is 7.49. The van der Waals surface area contributed by atoms with Crippen molar-refractivity contribution in [3.05, 3.63) is 29.8 Å². The van der Waals surface area contributed by atoms with E-state index < -0.39 is 9.84 Å². The van der Waals surface area contributed by atoms with E-state index in [-0.39, 0.29) is 11.7 Å². The third-order valence-electron chi connectivity index (χ3n) is 2.99. The molecule has 0 spiro atoms. The van der Waals surface area contributed by atoms with E-state index in [1.54, 1.807) is 12.1 Å². The second-order valence-electron chi connectivity index (χ2n) is 4.28. The van der Waals surface area contributed by atoms with Gasteiger partial charge in [-0.15, -0.1) is 0 Å². The lowest BCUT2D eigenvalue weighted by Gasteiger charge is -2.12. The zero-order chi connectivity index (χ0) is 12.2. The molecule has 2 nitrogen and oxygen atoms in total. The molecule has 0 heterocycles. The largest absolute Gasteiger partial charge is 0.224 e. The summed E-state index contributed by atoms with van der Waals surface area (Å²) in [6.07, 6.45) is 1.84. The van der Waals surface area contributed by atoms with Gasteiger partial charge in [0.15, 0.2) is 9.84 Å². The predicted octanol–water partition coefficient (Wildman–Crippen LogP) is 3.20. The fourth-order valence-corrected chi connectivity index (χ4v) is 3.51. The molecule has 0 bridgehead atoms. The number of hydrogen-bond acceptors (Lipinski definition) is 2. The summed E-state index contributed by atoms with van der Waals surface area (Å²) in [5.74, 6) is 0.537. The molecule has 16 heavy (non-hydrogen) atoms. The summed E-state index contributed by atoms with van der Waals surface area (Å²) in [6.45, 7) is 6.04. The highest BCUT2D eigenvalue weighted by Crippen LogP contribution is 2.18. The van der Waals surface area contributed by atoms with Crippen LogP contribution in [0.1, 0.15) is 32.3 Å². The topological polar surface area (TPSA) is 34.1 Å². The van der Waals surface area contributed by atoms with Gasteiger partial charge in [-0.25, -0.2) is 8.42 Å². The molecule has 1 aromatic carbocycles. The molecule has 0 fully saturated rings. The minimum Gasteiger partial charge on any atom is -0.224 e. The van der Waals surface area contributed by atoms with Gasteiger partial charge in [-0.2, -0.15) is 0 Å². The summed E-state index contributed by atoms with van der Waals surface area (Å²) in [5.41, 5.74) is 1.08. The van der Waals surface area contributed by atoms with Gasteiger partial charge in [-0.05, 0) is 25.0 Å². The first-order valence-electron chi connectivity index (χ1n) is 5.79. The minimum absolute atomic E-state index is 0.267. The summed E-state index contributed by atoms with van der Waals surface area (Å²) in [5, 5.41) is 0. The van der Waals surface area contributed by atoms with E-state index in [0.717, 1.165) is 18.4 Å². The molecule has 1 aromatic rings. The Morgan fingerprint density at radius 3 is 2.00 bits per heavy atom. The second-order valence-corrected chi connectivity index (χ2v) is 6.31. The van der Waals surface area contributed by atoms with Crippen molar-refractivity contribution in [2.75, 3.05) is 5.75 Å². The summed E-state index contributed by atoms with van der Waals surface area (Å²) in [7, 11) is -3.10. The smallest absolute Gasteiger partial charge is 0.178 e. The summed E-state index contributed by atoms with van der Waals surface area (Å²) >= 11 is 0. The van der Waals surface area contributed by atoms with Crippen molar-refractivity contribution in [3.63, 3.8) is 0 Å². The number of rotatable bonds is 5. The molecule has 0 saturated carbocycles. The normalized spacial score (nSPS) is 12.0. The third kappa shape index (κ3) is 3.34. The molecule has 0 unspecified atom stereocenters. The van der Waals surface area contributed by atoms with Crippen LogP contribution < -0.4 is 0 Å². The van der Waals surface area contributed by atoms with Gasteiger partial charge < -0.3 is 0 Å². The van der Waals surface area contributed by atoms with E-state index in [1.165, 1.54) is 0 Å². The van der Waals surface area contributed by atoms with Gasteiger partial charge in [-0.1, -0.05) is 44.4 Å². The van der Waals surface area contributed by atoms with Crippen molar-refractivity contribution < 1.29 is 8.42 Å². The van der Waals surface area contributed by atoms with Gasteiger partial charge in [0.25, 0.3) is 0 Å². The Balaban J connectivity index is 2.89. The molecule has 0 aliphatic heterocycles. The van der Waals surface area contributed by atoms with Crippen molar-refractivity contribution in [2.45, 2.75) is 38.5 Å². The molecule has 0 aromatic heterocycles. The summed E-state index contributed by atoms with van der Waals surface area (Å²) < 4.78 is 24.1. The first-order valence-corrected chi connectivity index (χ1v) is 7.44. The van der Waals surface area contributed by atoms with Crippen LogP contribution in [0.2, 0.25) is 0 Å². The maximum Gasteiger partial charge on any atom is 0.178 e. The van der Waals surface area contributed by atoms with Crippen molar-refractivity contribution >= 4 is 9.84 Å². The van der Waals surface area contributed by atoms with Crippen LogP contribution in [0.3, 0.4) is 0 Å². The number of sulfone groups is 1. The monoisotopic (exact) mass is 240 g/mol. The zero-order valence-electron chi connectivity index (χ0n) is 10.2. The Bertz CT molecular complexity index is 414. The van der Waals surface area contributed by atoms with Gasteiger partial charge in [0.2, 0.25) is 0 Å². The van der Waals surface area contributed by atoms with Crippen LogP contribution in [0, 0.1) is 12.8 Å². The van der Waals surface area contributed by atoms with Gasteiger partial charge in [0, 0.05) is 0 Å². The number of hydrogen-bond donors (Lipinski definition) is 0. The molecule has 0 aliphatic rings. The van der Waals surface area contributed by atoms with E-state index in [4.69, 9.17) is 0 Å². The lowest BCUT2D eigenvalue weighted by Crippen LogP contribution is -2.15. The Morgan fingerprint density at radius 1 is 1.06 bits per heavy atom. The van der Waals surface area contributed by atoms with Gasteiger partial charge in [0.1, 0.15) is 0 Å². The SMILES string of the molecule is CCC(CC)CS(=O)(=O)c1ccc(C)cc1. The Kier molecular flexibility index (Phi) is 4.54. The highest BCUT2D eigenvalue weighted by molar-refractivity contribution is 7.91. The van der Waals surface area contributed by atoms with Crippen LogP contribution in [0.5, 0.6) is 0 Å². The van der Waals surface area contributed by atoms with E-state index >= 15 is 0 Å². The van der Waals surface area contributed by atoms with Crippen molar-refractivity contribution in [1.29, 1.82) is 0 Å². The lowest BCUT2D eigenvalue weighted by molar-refractivity contribution is 0.523. The quantitative estimate of drug-likeness (QED) is 0.792. The number of aryl methyl sites for hydroxylation is 1. The van der Waals surface area contributed by atoms with Crippen molar-refractivity contribution in [2.24, 2.45) is 5.92 Å². The zero-order valence-corrected chi connectivity index (χ0v) is 11.0. The van der Waals surface area contributed by atoms with Gasteiger partial charge in [0.05, 0.1) is 10.6 Å². The van der Waals surface area contributed by atoms with E-state index in [1.807, 2.05) is 32.9 Å². The van der Waals surface area contributed by atoms with Gasteiger partial charge in [-0.3, -0.25) is 0 Å². The maximum absolute atomic E-state index is 12.1. The highest BCUT2D eigenvalue weighted by atomic mass is 32.2. The van der Waals surface area contributed by atoms with E-state index in [2.05, 4.69) is 0 Å². The standard InChI is InChI=1S/C13H20O2S/c1-4-12(5-2)10-16(14,15)13-8-6-11(3)7-9-13/h6-9,12H,4-5,10H2,1-3H3. The van der Waals surface area contributed by atoms with Crippen LogP contribution in [0.25, 0.3) is 0 Å². The second kappa shape index (κ2) is 5.48. The molecule has 0 amide bonds. The third-order valence-corrected chi connectivity index (χ3v) is 4.89. The molecule has 0 radical (unpaired) electrons. The molecule has 0 N–H and O–H groups in total. The van der Waals surface area contributed by atoms with E-state index in [9.17, 15) is 8.42 Å². The average molecular weight is 240 g/mol. The Labute approximate surface area is 98.6 Å². The van der Waals surface area contributed by atoms with Crippen molar-refractivity contribution in [3.8, 4) is 0 Å². The van der Waals surface area contributed by atoms with Crippen LogP contribution in [-0.4, -0.2) is 14.2 Å². The van der Waals surface area contributed by atoms with Crippen LogP contribution in [0.4, 0.5) is 0 Å². The Hall–Kier alpha value is -0.830. The highest BCUT2D eigenvalue weighted by Gasteiger charge is 2.18. The molecule has 1 rings (SSSR count). The molecular weight excluding hydrogens is 220 g/mol. The summed E-state index contributed by atoms with van der Waals surface area (Å²) in [6, 6.07) is 7.10. The fraction of sp³-hybridized carbons (Fsp3) is 0.538. The minimum atomic E-state index is -3.10. The molecule has 90 valence electrons. The molecular formula is C13H20O2S. The molecule has 0 aliphatic carbocycles. The maximum atomic E-state index is 12.1.